The summed E-state index contributed by atoms with van der Waals surface area (Å²) < 4.78 is 5.40. The van der Waals surface area contributed by atoms with Crippen LogP contribution in [0, 0.1) is 13.8 Å². The first-order chi connectivity index (χ1) is 9.60. The predicted molar refractivity (Wildman–Crippen MR) is 75.5 cm³/mol. The van der Waals surface area contributed by atoms with Crippen LogP contribution in [0.1, 0.15) is 34.8 Å². The Morgan fingerprint density at radius 3 is 2.70 bits per heavy atom. The van der Waals surface area contributed by atoms with Crippen molar-refractivity contribution in [2.75, 3.05) is 11.9 Å². The number of aryl methyl sites for hydroxylation is 2. The number of aromatic nitrogens is 2. The summed E-state index contributed by atoms with van der Waals surface area (Å²) in [6.07, 6.45) is 1.64. The van der Waals surface area contributed by atoms with Crippen molar-refractivity contribution in [3.63, 3.8) is 0 Å². The average Bonchev–Trinajstić information content (AvgIpc) is 2.76. The number of nitrogens with one attached hydrogen (secondary N) is 2. The highest BCUT2D eigenvalue weighted by Gasteiger charge is 2.10. The van der Waals surface area contributed by atoms with Crippen LogP contribution in [0.25, 0.3) is 0 Å². The van der Waals surface area contributed by atoms with Crippen molar-refractivity contribution in [1.82, 2.24) is 15.3 Å². The second-order valence-electron chi connectivity index (χ2n) is 4.39. The van der Waals surface area contributed by atoms with Crippen molar-refractivity contribution in [3.05, 3.63) is 41.4 Å². The van der Waals surface area contributed by atoms with E-state index < -0.39 is 0 Å². The molecular weight excluding hydrogens is 256 g/mol. The number of carbonyl (C=O) groups excluding carboxylic acids is 1. The van der Waals surface area contributed by atoms with Crippen LogP contribution < -0.4 is 10.6 Å². The Labute approximate surface area is 117 Å². The lowest BCUT2D eigenvalue weighted by Gasteiger charge is -2.04. The van der Waals surface area contributed by atoms with E-state index in [1.807, 2.05) is 26.8 Å². The molecule has 1 amide bonds. The van der Waals surface area contributed by atoms with Crippen LogP contribution in [0.4, 0.5) is 5.69 Å². The molecule has 2 aromatic heterocycles. The second kappa shape index (κ2) is 6.18. The van der Waals surface area contributed by atoms with Crippen LogP contribution in [-0.2, 0) is 6.54 Å². The van der Waals surface area contributed by atoms with Crippen molar-refractivity contribution < 1.29 is 9.21 Å². The van der Waals surface area contributed by atoms with E-state index in [4.69, 9.17) is 4.42 Å². The number of pyridine rings is 1. The Morgan fingerprint density at radius 1 is 1.35 bits per heavy atom. The zero-order valence-corrected chi connectivity index (χ0v) is 11.9. The van der Waals surface area contributed by atoms with Crippen LogP contribution in [0.15, 0.2) is 22.7 Å². The number of hydrogen-bond donors (Lipinski definition) is 2. The number of rotatable bonds is 5. The molecule has 2 aromatic rings. The zero-order chi connectivity index (χ0) is 14.5. The molecule has 0 saturated heterocycles. The normalized spacial score (nSPS) is 10.3. The van der Waals surface area contributed by atoms with E-state index in [2.05, 4.69) is 20.6 Å². The van der Waals surface area contributed by atoms with Gasteiger partial charge in [0.1, 0.15) is 11.5 Å². The molecule has 0 aliphatic carbocycles. The van der Waals surface area contributed by atoms with Gasteiger partial charge in [0.15, 0.2) is 0 Å². The molecule has 2 heterocycles. The summed E-state index contributed by atoms with van der Waals surface area (Å²) in [5.41, 5.74) is 2.09. The molecule has 0 atom stereocenters. The molecule has 2 N–H and O–H groups in total. The summed E-state index contributed by atoms with van der Waals surface area (Å²) in [7, 11) is 0. The van der Waals surface area contributed by atoms with Crippen molar-refractivity contribution in [1.29, 1.82) is 0 Å². The molecule has 6 heteroatoms. The lowest BCUT2D eigenvalue weighted by Crippen LogP contribution is -2.23. The van der Waals surface area contributed by atoms with Crippen molar-refractivity contribution >= 4 is 11.6 Å². The van der Waals surface area contributed by atoms with E-state index in [9.17, 15) is 4.79 Å². The fraction of sp³-hybridized carbons (Fsp3) is 0.357. The molecule has 0 radical (unpaired) electrons. The summed E-state index contributed by atoms with van der Waals surface area (Å²) in [5, 5.41) is 5.85. The van der Waals surface area contributed by atoms with Crippen LogP contribution >= 0.6 is 0 Å². The number of hydrogen-bond acceptors (Lipinski definition) is 5. The highest BCUT2D eigenvalue weighted by molar-refractivity contribution is 5.92. The van der Waals surface area contributed by atoms with Gasteiger partial charge in [-0.15, -0.1) is 0 Å². The monoisotopic (exact) mass is 274 g/mol. The van der Waals surface area contributed by atoms with E-state index in [-0.39, 0.29) is 12.5 Å². The Kier molecular flexibility index (Phi) is 4.34. The van der Waals surface area contributed by atoms with E-state index in [0.717, 1.165) is 23.7 Å². The predicted octanol–water partition coefficient (Wildman–Crippen LogP) is 2.05. The van der Waals surface area contributed by atoms with Crippen LogP contribution in [0.3, 0.4) is 0 Å². The number of nitrogens with zero attached hydrogens (tertiary/aromatic N) is 2. The van der Waals surface area contributed by atoms with Gasteiger partial charge in [-0.05, 0) is 32.9 Å². The summed E-state index contributed by atoms with van der Waals surface area (Å²) in [4.78, 5) is 20.2. The summed E-state index contributed by atoms with van der Waals surface area (Å²) in [5.74, 6) is 1.02. The number of anilines is 1. The third kappa shape index (κ3) is 3.34. The number of carbonyl (C=O) groups is 1. The lowest BCUT2D eigenvalue weighted by atomic mass is 10.3. The smallest absolute Gasteiger partial charge is 0.270 e. The van der Waals surface area contributed by atoms with Crippen LogP contribution in [0.5, 0.6) is 0 Å². The SMILES string of the molecule is CCNc1ccc(C(=O)NCc2nc(C)c(C)o2)nc1. The van der Waals surface area contributed by atoms with Gasteiger partial charge >= 0.3 is 0 Å². The van der Waals surface area contributed by atoms with E-state index in [1.165, 1.54) is 0 Å². The zero-order valence-electron chi connectivity index (χ0n) is 11.9. The molecule has 0 bridgehead atoms. The summed E-state index contributed by atoms with van der Waals surface area (Å²) >= 11 is 0. The third-order valence-corrected chi connectivity index (χ3v) is 2.85. The maximum atomic E-state index is 11.9. The Hall–Kier alpha value is -2.37. The molecule has 0 saturated carbocycles. The summed E-state index contributed by atoms with van der Waals surface area (Å²) in [6.45, 7) is 6.78. The molecular formula is C14H18N4O2. The minimum absolute atomic E-state index is 0.249. The van der Waals surface area contributed by atoms with Gasteiger partial charge in [-0.3, -0.25) is 4.79 Å². The summed E-state index contributed by atoms with van der Waals surface area (Å²) in [6, 6.07) is 3.50. The third-order valence-electron chi connectivity index (χ3n) is 2.85. The van der Waals surface area contributed by atoms with Gasteiger partial charge in [0.05, 0.1) is 24.1 Å². The molecule has 2 rings (SSSR count). The van der Waals surface area contributed by atoms with Crippen LogP contribution in [-0.4, -0.2) is 22.4 Å². The first-order valence-corrected chi connectivity index (χ1v) is 6.51. The molecule has 0 aliphatic heterocycles. The molecule has 6 nitrogen and oxygen atoms in total. The molecule has 106 valence electrons. The highest BCUT2D eigenvalue weighted by atomic mass is 16.4. The highest BCUT2D eigenvalue weighted by Crippen LogP contribution is 2.09. The van der Waals surface area contributed by atoms with E-state index >= 15 is 0 Å². The number of amides is 1. The van der Waals surface area contributed by atoms with Crippen molar-refractivity contribution in [2.45, 2.75) is 27.3 Å². The molecule has 20 heavy (non-hydrogen) atoms. The molecule has 0 spiro atoms. The van der Waals surface area contributed by atoms with Gasteiger partial charge in [0.2, 0.25) is 5.89 Å². The Bertz CT molecular complexity index is 570. The minimum atomic E-state index is -0.249. The first kappa shape index (κ1) is 14.0. The van der Waals surface area contributed by atoms with Crippen LogP contribution in [0.2, 0.25) is 0 Å². The molecule has 0 aromatic carbocycles. The maximum absolute atomic E-state index is 11.9. The maximum Gasteiger partial charge on any atom is 0.270 e. The van der Waals surface area contributed by atoms with Gasteiger partial charge < -0.3 is 15.1 Å². The first-order valence-electron chi connectivity index (χ1n) is 6.51. The van der Waals surface area contributed by atoms with Gasteiger partial charge in [-0.1, -0.05) is 0 Å². The quantitative estimate of drug-likeness (QED) is 0.872. The topological polar surface area (TPSA) is 80.0 Å². The second-order valence-corrected chi connectivity index (χ2v) is 4.39. The van der Waals surface area contributed by atoms with Crippen molar-refractivity contribution in [2.24, 2.45) is 0 Å². The standard InChI is InChI=1S/C14H18N4O2/c1-4-15-11-5-6-12(16-7-11)14(19)17-8-13-18-9(2)10(3)20-13/h5-7,15H,4,8H2,1-3H3,(H,17,19). The Morgan fingerprint density at radius 2 is 2.15 bits per heavy atom. The van der Waals surface area contributed by atoms with Gasteiger partial charge in [-0.2, -0.15) is 0 Å². The van der Waals surface area contributed by atoms with Gasteiger partial charge in [0.25, 0.3) is 5.91 Å². The van der Waals surface area contributed by atoms with E-state index in [1.54, 1.807) is 12.3 Å². The average molecular weight is 274 g/mol. The molecule has 0 unspecified atom stereocenters. The molecule has 0 fully saturated rings. The van der Waals surface area contributed by atoms with E-state index in [0.29, 0.717) is 11.6 Å². The lowest BCUT2D eigenvalue weighted by molar-refractivity contribution is 0.0942. The molecule has 0 aliphatic rings. The van der Waals surface area contributed by atoms with Gasteiger partial charge in [-0.25, -0.2) is 9.97 Å². The Balaban J connectivity index is 1.94. The fourth-order valence-electron chi connectivity index (χ4n) is 1.70. The van der Waals surface area contributed by atoms with Crippen molar-refractivity contribution in [3.8, 4) is 0 Å². The number of oxazole rings is 1. The fourth-order valence-corrected chi connectivity index (χ4v) is 1.70. The van der Waals surface area contributed by atoms with Gasteiger partial charge in [0, 0.05) is 6.54 Å². The minimum Gasteiger partial charge on any atom is -0.444 e. The largest absolute Gasteiger partial charge is 0.444 e.